The number of aliphatic carboxylic acids is 1. The number of amides is 2. The minimum Gasteiger partial charge on any atom is -0.477 e. The largest absolute Gasteiger partial charge is 0.477 e. The molecule has 0 radical (unpaired) electrons. The molecule has 3 aliphatic heterocycles. The zero-order valence-corrected chi connectivity index (χ0v) is 27.1. The Bertz CT molecular complexity index is 1290. The van der Waals surface area contributed by atoms with Crippen molar-refractivity contribution in [3.8, 4) is 0 Å². The first-order valence-corrected chi connectivity index (χ1v) is 16.2. The number of carbonyl (C=O) groups excluding carboxylic acids is 2. The molecule has 0 spiro atoms. The molecule has 0 aromatic carbocycles. The number of nitrogens with one attached hydrogen (secondary N) is 2. The second-order valence-electron chi connectivity index (χ2n) is 11.8. The molecule has 3 rings (SSSR count). The maximum Gasteiger partial charge on any atom is 0.397 e. The van der Waals surface area contributed by atoms with Crippen LogP contribution in [0.4, 0.5) is 0 Å². The van der Waals surface area contributed by atoms with Gasteiger partial charge in [-0.25, -0.2) is 8.98 Å². The van der Waals surface area contributed by atoms with E-state index in [0.717, 1.165) is 13.8 Å². The van der Waals surface area contributed by atoms with Gasteiger partial charge in [-0.2, -0.15) is 8.42 Å². The molecule has 290 valence electrons. The van der Waals surface area contributed by atoms with Gasteiger partial charge in [0.25, 0.3) is 5.79 Å². The Labute approximate surface area is 283 Å². The number of aliphatic hydroxyl groups is 9. The van der Waals surface area contributed by atoms with E-state index in [1.165, 1.54) is 0 Å². The Kier molecular flexibility index (Phi) is 14.4. The SMILES string of the molecule is CC(=O)N[C@@H]1[C@@H](O)[C@H](O[C@@H]2O[C@H](CO[C@]3(C(=O)O)C[C@H](O)[C@@H](NC(C)=O)[C@H]([C@H](O)[C@H](O)CO)O3)[C@H](O)[C@H](O)[C@H]2O)[C@@H](COS(=O)(=O)O)O[C@H]1O. The lowest BCUT2D eigenvalue weighted by atomic mass is 9.88. The molecule has 2 amide bonds. The van der Waals surface area contributed by atoms with Crippen LogP contribution in [0.3, 0.4) is 0 Å². The lowest BCUT2D eigenvalue weighted by Crippen LogP contribution is -2.69. The molecule has 50 heavy (non-hydrogen) atoms. The van der Waals surface area contributed by atoms with Gasteiger partial charge in [0, 0.05) is 20.3 Å². The van der Waals surface area contributed by atoms with Gasteiger partial charge in [-0.3, -0.25) is 14.1 Å². The van der Waals surface area contributed by atoms with Crippen molar-refractivity contribution < 1.29 is 106 Å². The summed E-state index contributed by atoms with van der Waals surface area (Å²) >= 11 is 0. The third kappa shape index (κ3) is 9.98. The van der Waals surface area contributed by atoms with Crippen LogP contribution in [0, 0.1) is 0 Å². The van der Waals surface area contributed by atoms with Crippen molar-refractivity contribution in [1.29, 1.82) is 0 Å². The van der Waals surface area contributed by atoms with Gasteiger partial charge < -0.3 is 85.4 Å². The standard InChI is InChI=1S/C25H42N2O22S/c1-7(29)26-13-9(31)3-25(24(39)40,49-21(13)15(33)10(32)4-28)44-5-11-16(34)18(36)19(37)23(47-11)48-20-12(6-45-50(41,42)43)46-22(38)14(17(20)35)27-8(2)30/h9-23,28,31-38H,3-6H2,1-2H3,(H,26,29)(H,27,30)(H,39,40)(H,41,42,43)/t9-,10+,11+,12+,13+,14+,15+,16-,17+,18-,19+,20+,21+,22+,23-,25+/m0/s1. The molecule has 25 heteroatoms. The van der Waals surface area contributed by atoms with Crippen LogP contribution in [0.25, 0.3) is 0 Å². The van der Waals surface area contributed by atoms with Crippen molar-refractivity contribution in [2.75, 3.05) is 19.8 Å². The number of ether oxygens (including phenoxy) is 5. The summed E-state index contributed by atoms with van der Waals surface area (Å²) in [6, 6.07) is -3.18. The van der Waals surface area contributed by atoms with E-state index < -0.39 is 152 Å². The maximum atomic E-state index is 12.5. The van der Waals surface area contributed by atoms with Crippen LogP contribution in [-0.2, 0) is 52.7 Å². The second kappa shape index (κ2) is 17.0. The molecule has 0 aromatic rings. The third-order valence-electron chi connectivity index (χ3n) is 8.07. The summed E-state index contributed by atoms with van der Waals surface area (Å²) in [5, 5.41) is 108. The Balaban J connectivity index is 1.87. The van der Waals surface area contributed by atoms with Gasteiger partial charge in [-0.1, -0.05) is 0 Å². The molecule has 3 fully saturated rings. The van der Waals surface area contributed by atoms with Crippen LogP contribution < -0.4 is 10.6 Å². The van der Waals surface area contributed by atoms with E-state index >= 15 is 0 Å². The van der Waals surface area contributed by atoms with Gasteiger partial charge in [0.2, 0.25) is 11.8 Å². The Hall–Kier alpha value is -2.28. The maximum absolute atomic E-state index is 12.5. The average molecular weight is 755 g/mol. The van der Waals surface area contributed by atoms with E-state index in [4.69, 9.17) is 28.2 Å². The first kappa shape index (κ1) is 42.1. The number of rotatable bonds is 14. The summed E-state index contributed by atoms with van der Waals surface area (Å²) in [7, 11) is -5.12. The van der Waals surface area contributed by atoms with E-state index in [9.17, 15) is 73.9 Å². The van der Waals surface area contributed by atoms with Crippen LogP contribution in [0.5, 0.6) is 0 Å². The van der Waals surface area contributed by atoms with Crippen LogP contribution in [0.2, 0.25) is 0 Å². The Morgan fingerprint density at radius 1 is 0.880 bits per heavy atom. The molecule has 16 atom stereocenters. The highest BCUT2D eigenvalue weighted by Gasteiger charge is 2.57. The van der Waals surface area contributed by atoms with Crippen molar-refractivity contribution in [1.82, 2.24) is 10.6 Å². The van der Waals surface area contributed by atoms with Crippen molar-refractivity contribution in [3.05, 3.63) is 0 Å². The summed E-state index contributed by atoms with van der Waals surface area (Å²) in [5.74, 6) is -6.38. The number of carboxylic acids is 1. The molecule has 3 saturated heterocycles. The minimum absolute atomic E-state index is 0.757. The van der Waals surface area contributed by atoms with Crippen molar-refractivity contribution in [3.63, 3.8) is 0 Å². The Morgan fingerprint density at radius 3 is 2.02 bits per heavy atom. The van der Waals surface area contributed by atoms with Crippen LogP contribution in [0.1, 0.15) is 20.3 Å². The van der Waals surface area contributed by atoms with E-state index in [1.807, 2.05) is 0 Å². The topological polar surface area (TPSA) is 387 Å². The zero-order valence-electron chi connectivity index (χ0n) is 26.3. The summed E-state index contributed by atoms with van der Waals surface area (Å²) in [6.45, 7) is -1.20. The average Bonchev–Trinajstić information content (AvgIpc) is 3.02. The number of carbonyl (C=O) groups is 3. The molecule has 13 N–H and O–H groups in total. The molecule has 24 nitrogen and oxygen atoms in total. The first-order chi connectivity index (χ1) is 23.1. The summed E-state index contributed by atoms with van der Waals surface area (Å²) in [6.07, 6.45) is -26.8. The number of aliphatic hydroxyl groups excluding tert-OH is 9. The first-order valence-electron chi connectivity index (χ1n) is 14.8. The molecule has 3 aliphatic rings. The molecule has 0 unspecified atom stereocenters. The third-order valence-corrected chi connectivity index (χ3v) is 8.50. The molecular weight excluding hydrogens is 712 g/mol. The molecule has 0 aliphatic carbocycles. The summed E-state index contributed by atoms with van der Waals surface area (Å²) in [4.78, 5) is 35.9. The fourth-order valence-corrected chi connectivity index (χ4v) is 5.90. The molecule has 3 heterocycles. The van der Waals surface area contributed by atoms with Gasteiger partial charge >= 0.3 is 16.4 Å². The van der Waals surface area contributed by atoms with Gasteiger partial charge in [0.05, 0.1) is 32.0 Å². The fraction of sp³-hybridized carbons (Fsp3) is 0.880. The van der Waals surface area contributed by atoms with Crippen molar-refractivity contribution in [2.45, 2.75) is 118 Å². The summed E-state index contributed by atoms with van der Waals surface area (Å²) < 4.78 is 62.7. The molecular formula is C25H42N2O22S. The fourth-order valence-electron chi connectivity index (χ4n) is 5.60. The predicted octanol–water partition coefficient (Wildman–Crippen LogP) is -8.25. The number of hydrogen-bond donors (Lipinski definition) is 13. The van der Waals surface area contributed by atoms with Crippen LogP contribution >= 0.6 is 0 Å². The highest BCUT2D eigenvalue weighted by molar-refractivity contribution is 7.80. The molecule has 0 saturated carbocycles. The smallest absolute Gasteiger partial charge is 0.397 e. The quantitative estimate of drug-likeness (QED) is 0.0732. The van der Waals surface area contributed by atoms with E-state index in [0.29, 0.717) is 0 Å². The highest BCUT2D eigenvalue weighted by atomic mass is 32.3. The molecule has 0 aromatic heterocycles. The summed E-state index contributed by atoms with van der Waals surface area (Å²) in [5.41, 5.74) is 0. The van der Waals surface area contributed by atoms with Crippen LogP contribution in [0.15, 0.2) is 0 Å². The zero-order chi connectivity index (χ0) is 37.9. The number of carboxylic acid groups (broad SMARTS) is 1. The van der Waals surface area contributed by atoms with E-state index in [2.05, 4.69) is 14.8 Å². The minimum atomic E-state index is -5.12. The van der Waals surface area contributed by atoms with E-state index in [1.54, 1.807) is 0 Å². The lowest BCUT2D eigenvalue weighted by Gasteiger charge is -2.48. The van der Waals surface area contributed by atoms with Crippen molar-refractivity contribution >= 4 is 28.2 Å². The molecule has 0 bridgehead atoms. The van der Waals surface area contributed by atoms with Crippen molar-refractivity contribution in [2.24, 2.45) is 0 Å². The second-order valence-corrected chi connectivity index (χ2v) is 12.9. The highest BCUT2D eigenvalue weighted by Crippen LogP contribution is 2.35. The normalized spacial score (nSPS) is 40.8. The Morgan fingerprint density at radius 2 is 1.48 bits per heavy atom. The van der Waals surface area contributed by atoms with Gasteiger partial charge in [0.15, 0.2) is 12.6 Å². The van der Waals surface area contributed by atoms with Gasteiger partial charge in [-0.05, 0) is 0 Å². The van der Waals surface area contributed by atoms with Gasteiger partial charge in [-0.15, -0.1) is 0 Å². The van der Waals surface area contributed by atoms with Gasteiger partial charge in [0.1, 0.15) is 67.1 Å². The predicted molar refractivity (Wildman–Crippen MR) is 152 cm³/mol. The van der Waals surface area contributed by atoms with Crippen LogP contribution in [-0.4, -0.2) is 199 Å². The monoisotopic (exact) mass is 754 g/mol. The number of hydrogen-bond acceptors (Lipinski definition) is 20. The lowest BCUT2D eigenvalue weighted by molar-refractivity contribution is -0.358. The van der Waals surface area contributed by atoms with E-state index in [-0.39, 0.29) is 0 Å².